The fraction of sp³-hybridized carbons (Fsp3) is 0.348. The second kappa shape index (κ2) is 9.23. The molecule has 0 bridgehead atoms. The van der Waals surface area contributed by atoms with Gasteiger partial charge in [-0.05, 0) is 49.1 Å². The normalized spacial score (nSPS) is 12.1. The monoisotopic (exact) mass is 348 g/mol. The first-order chi connectivity index (χ1) is 12.8. The summed E-state index contributed by atoms with van der Waals surface area (Å²) in [5.41, 5.74) is 3.49. The van der Waals surface area contributed by atoms with Crippen molar-refractivity contribution in [2.45, 2.75) is 52.1 Å². The van der Waals surface area contributed by atoms with E-state index in [0.29, 0.717) is 0 Å². The van der Waals surface area contributed by atoms with Crippen LogP contribution in [0.25, 0.3) is 5.69 Å². The molecule has 0 radical (unpaired) electrons. The van der Waals surface area contributed by atoms with Crippen molar-refractivity contribution in [3.8, 4) is 11.4 Å². The second-order valence-corrected chi connectivity index (χ2v) is 6.68. The van der Waals surface area contributed by atoms with E-state index in [1.807, 2.05) is 24.5 Å². The van der Waals surface area contributed by atoms with Gasteiger partial charge in [0.2, 0.25) is 0 Å². The highest BCUT2D eigenvalue weighted by molar-refractivity contribution is 5.38. The van der Waals surface area contributed by atoms with Crippen molar-refractivity contribution in [3.05, 3.63) is 78.4 Å². The van der Waals surface area contributed by atoms with Crippen LogP contribution in [0, 0.1) is 0 Å². The summed E-state index contributed by atoms with van der Waals surface area (Å²) in [7, 11) is 0. The van der Waals surface area contributed by atoms with Crippen LogP contribution in [0.3, 0.4) is 0 Å². The number of ether oxygens (including phenoxy) is 1. The van der Waals surface area contributed by atoms with E-state index in [1.54, 1.807) is 0 Å². The molecule has 1 aromatic heterocycles. The molecule has 3 nitrogen and oxygen atoms in total. The average molecular weight is 348 g/mol. The first kappa shape index (κ1) is 18.2. The molecule has 0 N–H and O–H groups in total. The van der Waals surface area contributed by atoms with Gasteiger partial charge in [0, 0.05) is 11.9 Å². The molecule has 1 unspecified atom stereocenters. The molecule has 136 valence electrons. The third-order valence-corrected chi connectivity index (χ3v) is 4.56. The minimum absolute atomic E-state index is 0.0981. The lowest BCUT2D eigenvalue weighted by Gasteiger charge is -2.19. The van der Waals surface area contributed by atoms with Crippen molar-refractivity contribution < 1.29 is 4.74 Å². The summed E-state index contributed by atoms with van der Waals surface area (Å²) in [5, 5.41) is 0. The molecule has 3 rings (SSSR count). The molecule has 2 aromatic carbocycles. The van der Waals surface area contributed by atoms with E-state index in [9.17, 15) is 0 Å². The molecular formula is C23H28N2O. The number of unbranched alkanes of at least 4 members (excludes halogenated alkanes) is 1. The minimum Gasteiger partial charge on any atom is -0.486 e. The lowest BCUT2D eigenvalue weighted by molar-refractivity contribution is 0.194. The van der Waals surface area contributed by atoms with Crippen LogP contribution in [-0.4, -0.2) is 9.55 Å². The van der Waals surface area contributed by atoms with Gasteiger partial charge in [0.15, 0.2) is 0 Å². The molecule has 0 saturated carbocycles. The first-order valence-corrected chi connectivity index (χ1v) is 9.65. The molecule has 0 saturated heterocycles. The highest BCUT2D eigenvalue weighted by atomic mass is 16.5. The number of rotatable bonds is 9. The zero-order valence-electron chi connectivity index (χ0n) is 15.8. The predicted molar refractivity (Wildman–Crippen MR) is 107 cm³/mol. The minimum atomic E-state index is 0.0981. The van der Waals surface area contributed by atoms with E-state index < -0.39 is 0 Å². The van der Waals surface area contributed by atoms with Gasteiger partial charge < -0.3 is 9.30 Å². The Labute approximate surface area is 156 Å². The summed E-state index contributed by atoms with van der Waals surface area (Å²) in [4.78, 5) is 4.50. The van der Waals surface area contributed by atoms with Gasteiger partial charge >= 0.3 is 0 Å². The lowest BCUT2D eigenvalue weighted by atomic mass is 10.1. The molecule has 26 heavy (non-hydrogen) atoms. The van der Waals surface area contributed by atoms with Gasteiger partial charge in [-0.3, -0.25) is 0 Å². The summed E-state index contributed by atoms with van der Waals surface area (Å²) >= 11 is 0. The number of imidazole rings is 1. The van der Waals surface area contributed by atoms with Gasteiger partial charge in [0.05, 0.1) is 12.0 Å². The Morgan fingerprint density at radius 1 is 0.962 bits per heavy atom. The van der Waals surface area contributed by atoms with Crippen LogP contribution in [0.2, 0.25) is 0 Å². The largest absolute Gasteiger partial charge is 0.486 e. The van der Waals surface area contributed by atoms with Crippen LogP contribution in [0.15, 0.2) is 67.1 Å². The molecule has 0 aliphatic heterocycles. The zero-order chi connectivity index (χ0) is 18.2. The third-order valence-electron chi connectivity index (χ3n) is 4.56. The average Bonchev–Trinajstić information content (AvgIpc) is 3.16. The molecule has 3 aromatic rings. The Morgan fingerprint density at radius 3 is 2.42 bits per heavy atom. The van der Waals surface area contributed by atoms with Gasteiger partial charge in [-0.15, -0.1) is 0 Å². The molecule has 0 fully saturated rings. The van der Waals surface area contributed by atoms with Gasteiger partial charge in [0.25, 0.3) is 0 Å². The van der Waals surface area contributed by atoms with Gasteiger partial charge in [0.1, 0.15) is 11.9 Å². The third kappa shape index (κ3) is 4.75. The van der Waals surface area contributed by atoms with E-state index in [4.69, 9.17) is 4.74 Å². The number of nitrogens with zero attached hydrogens (tertiary/aromatic N) is 2. The van der Waals surface area contributed by atoms with E-state index in [-0.39, 0.29) is 6.10 Å². The van der Waals surface area contributed by atoms with Crippen molar-refractivity contribution in [1.29, 1.82) is 0 Å². The van der Waals surface area contributed by atoms with Crippen molar-refractivity contribution in [2.75, 3.05) is 0 Å². The Morgan fingerprint density at radius 2 is 1.73 bits per heavy atom. The summed E-state index contributed by atoms with van der Waals surface area (Å²) < 4.78 is 8.34. The highest BCUT2D eigenvalue weighted by Gasteiger charge is 2.12. The maximum absolute atomic E-state index is 6.27. The molecule has 0 aliphatic rings. The molecular weight excluding hydrogens is 320 g/mol. The van der Waals surface area contributed by atoms with Crippen LogP contribution < -0.4 is 4.74 Å². The van der Waals surface area contributed by atoms with E-state index >= 15 is 0 Å². The molecule has 1 heterocycles. The quantitative estimate of drug-likeness (QED) is 0.465. The maximum Gasteiger partial charge on any atom is 0.124 e. The molecule has 0 amide bonds. The molecule has 0 spiro atoms. The molecule has 0 aliphatic carbocycles. The Hall–Kier alpha value is -2.55. The molecule has 1 atom stereocenters. The van der Waals surface area contributed by atoms with Crippen LogP contribution >= 0.6 is 0 Å². The Bertz CT molecular complexity index is 777. The number of benzene rings is 2. The Balaban J connectivity index is 1.69. The van der Waals surface area contributed by atoms with Crippen LogP contribution in [0.1, 0.15) is 56.9 Å². The van der Waals surface area contributed by atoms with Crippen LogP contribution in [0.4, 0.5) is 0 Å². The SMILES string of the molecule is CCCCc1cn(-c2ccc(OC(CCC)c3ccccc3)cc2)cn1. The van der Waals surface area contributed by atoms with Crippen molar-refractivity contribution in [2.24, 2.45) is 0 Å². The van der Waals surface area contributed by atoms with Crippen LogP contribution in [-0.2, 0) is 6.42 Å². The number of hydrogen-bond donors (Lipinski definition) is 0. The first-order valence-electron chi connectivity index (χ1n) is 9.65. The van der Waals surface area contributed by atoms with E-state index in [0.717, 1.165) is 36.4 Å². The van der Waals surface area contributed by atoms with Crippen molar-refractivity contribution >= 4 is 0 Å². The number of hydrogen-bond acceptors (Lipinski definition) is 2. The maximum atomic E-state index is 6.27. The fourth-order valence-corrected chi connectivity index (χ4v) is 3.08. The summed E-state index contributed by atoms with van der Waals surface area (Å²) in [6, 6.07) is 18.7. The highest BCUT2D eigenvalue weighted by Crippen LogP contribution is 2.26. The van der Waals surface area contributed by atoms with Gasteiger partial charge in [-0.2, -0.15) is 0 Å². The van der Waals surface area contributed by atoms with Crippen molar-refractivity contribution in [1.82, 2.24) is 9.55 Å². The lowest BCUT2D eigenvalue weighted by Crippen LogP contribution is -2.07. The summed E-state index contributed by atoms with van der Waals surface area (Å²) in [5.74, 6) is 0.905. The standard InChI is InChI=1S/C23H28N2O/c1-3-5-12-20-17-25(18-24-20)21-13-15-22(16-14-21)26-23(9-4-2)19-10-7-6-8-11-19/h6-8,10-11,13-18,23H,3-5,9,12H2,1-2H3. The number of aryl methyl sites for hydroxylation is 1. The fourth-order valence-electron chi connectivity index (χ4n) is 3.08. The predicted octanol–water partition coefficient (Wildman–Crippen LogP) is 6.14. The smallest absolute Gasteiger partial charge is 0.124 e. The summed E-state index contributed by atoms with van der Waals surface area (Å²) in [6.45, 7) is 4.40. The van der Waals surface area contributed by atoms with E-state index in [1.165, 1.54) is 18.4 Å². The van der Waals surface area contributed by atoms with Gasteiger partial charge in [-0.1, -0.05) is 57.0 Å². The van der Waals surface area contributed by atoms with Crippen LogP contribution in [0.5, 0.6) is 5.75 Å². The Kier molecular flexibility index (Phi) is 6.48. The van der Waals surface area contributed by atoms with Gasteiger partial charge in [-0.25, -0.2) is 4.98 Å². The number of aromatic nitrogens is 2. The topological polar surface area (TPSA) is 27.1 Å². The molecule has 3 heteroatoms. The zero-order valence-corrected chi connectivity index (χ0v) is 15.8. The van der Waals surface area contributed by atoms with E-state index in [2.05, 4.69) is 66.0 Å². The second-order valence-electron chi connectivity index (χ2n) is 6.68. The van der Waals surface area contributed by atoms with Crippen molar-refractivity contribution in [3.63, 3.8) is 0 Å². The summed E-state index contributed by atoms with van der Waals surface area (Å²) in [6.07, 6.45) is 9.63.